The molecular formula is C18H19NO4. The van der Waals surface area contributed by atoms with Gasteiger partial charge in [-0.3, -0.25) is 9.69 Å². The summed E-state index contributed by atoms with van der Waals surface area (Å²) in [6.07, 6.45) is 1.80. The van der Waals surface area contributed by atoms with E-state index in [4.69, 9.17) is 14.6 Å². The van der Waals surface area contributed by atoms with Crippen molar-refractivity contribution in [2.45, 2.75) is 18.9 Å². The summed E-state index contributed by atoms with van der Waals surface area (Å²) < 4.78 is 11.1. The van der Waals surface area contributed by atoms with Gasteiger partial charge in [0.15, 0.2) is 6.10 Å². The first kappa shape index (κ1) is 14.5. The molecule has 2 fully saturated rings. The molecule has 2 aromatic rings. The molecule has 1 aliphatic carbocycles. The van der Waals surface area contributed by atoms with Crippen LogP contribution in [0, 0.1) is 5.92 Å². The Morgan fingerprint density at radius 1 is 1.17 bits per heavy atom. The fourth-order valence-electron chi connectivity index (χ4n) is 2.77. The zero-order valence-electron chi connectivity index (χ0n) is 12.8. The summed E-state index contributed by atoms with van der Waals surface area (Å²) >= 11 is 0. The molecule has 0 spiro atoms. The van der Waals surface area contributed by atoms with Crippen molar-refractivity contribution in [2.24, 2.45) is 5.92 Å². The van der Waals surface area contributed by atoms with E-state index in [1.807, 2.05) is 36.4 Å². The summed E-state index contributed by atoms with van der Waals surface area (Å²) in [5, 5.41) is 11.2. The number of rotatable bonds is 5. The molecule has 0 unspecified atom stereocenters. The highest BCUT2D eigenvalue weighted by Crippen LogP contribution is 2.31. The van der Waals surface area contributed by atoms with E-state index in [1.165, 1.54) is 12.8 Å². The van der Waals surface area contributed by atoms with Crippen molar-refractivity contribution in [3.05, 3.63) is 36.4 Å². The number of aliphatic hydroxyl groups excluding tert-OH is 1. The highest BCUT2D eigenvalue weighted by Gasteiger charge is 2.32. The maximum Gasteiger partial charge on any atom is 0.260 e. The SMILES string of the molecule is O=C1[C@@H](CO)OCN1c1ccc2cc(OCC3CC3)ccc2c1. The minimum Gasteiger partial charge on any atom is -0.493 e. The van der Waals surface area contributed by atoms with Gasteiger partial charge in [0, 0.05) is 5.69 Å². The number of amides is 1. The van der Waals surface area contributed by atoms with Crippen molar-refractivity contribution < 1.29 is 19.4 Å². The molecule has 4 rings (SSSR count). The summed E-state index contributed by atoms with van der Waals surface area (Å²) in [5.41, 5.74) is 0.782. The molecule has 1 aliphatic heterocycles. The Hall–Kier alpha value is -2.11. The van der Waals surface area contributed by atoms with E-state index in [0.717, 1.165) is 34.7 Å². The van der Waals surface area contributed by atoms with Crippen LogP contribution in [0.2, 0.25) is 0 Å². The van der Waals surface area contributed by atoms with E-state index in [9.17, 15) is 4.79 Å². The van der Waals surface area contributed by atoms with E-state index in [0.29, 0.717) is 0 Å². The van der Waals surface area contributed by atoms with Crippen LogP contribution in [0.25, 0.3) is 10.8 Å². The lowest BCUT2D eigenvalue weighted by molar-refractivity contribution is -0.123. The van der Waals surface area contributed by atoms with Crippen LogP contribution in [0.3, 0.4) is 0 Å². The highest BCUT2D eigenvalue weighted by atomic mass is 16.5. The number of anilines is 1. The Bertz CT molecular complexity index is 741. The third-order valence-corrected chi connectivity index (χ3v) is 4.40. The quantitative estimate of drug-likeness (QED) is 0.920. The first-order chi connectivity index (χ1) is 11.2. The lowest BCUT2D eigenvalue weighted by Crippen LogP contribution is -2.31. The molecule has 0 aromatic heterocycles. The average molecular weight is 313 g/mol. The van der Waals surface area contributed by atoms with Gasteiger partial charge in [-0.15, -0.1) is 0 Å². The summed E-state index contributed by atoms with van der Waals surface area (Å²) in [7, 11) is 0. The molecule has 2 aromatic carbocycles. The molecule has 1 saturated carbocycles. The van der Waals surface area contributed by atoms with Gasteiger partial charge in [0.05, 0.1) is 13.2 Å². The number of ether oxygens (including phenoxy) is 2. The molecule has 120 valence electrons. The summed E-state index contributed by atoms with van der Waals surface area (Å²) in [5.74, 6) is 1.42. The fourth-order valence-corrected chi connectivity index (χ4v) is 2.77. The first-order valence-corrected chi connectivity index (χ1v) is 7.95. The van der Waals surface area contributed by atoms with Crippen molar-refractivity contribution in [2.75, 3.05) is 24.8 Å². The number of nitrogens with zero attached hydrogens (tertiary/aromatic N) is 1. The molecule has 1 heterocycles. The van der Waals surface area contributed by atoms with Gasteiger partial charge in [-0.1, -0.05) is 12.1 Å². The van der Waals surface area contributed by atoms with E-state index in [2.05, 4.69) is 0 Å². The van der Waals surface area contributed by atoms with Crippen molar-refractivity contribution >= 4 is 22.4 Å². The maximum atomic E-state index is 12.1. The van der Waals surface area contributed by atoms with Crippen LogP contribution in [0.15, 0.2) is 36.4 Å². The number of hydrogen-bond acceptors (Lipinski definition) is 4. The third kappa shape index (κ3) is 2.90. The smallest absolute Gasteiger partial charge is 0.260 e. The standard InChI is InChI=1S/C18H19NO4/c20-9-17-18(21)19(11-23-17)15-5-3-14-8-16(6-4-13(14)7-15)22-10-12-1-2-12/h3-8,12,17,20H,1-2,9-11H2/t17-/m1/s1. The minimum atomic E-state index is -0.746. The number of carbonyl (C=O) groups is 1. The van der Waals surface area contributed by atoms with Crippen LogP contribution in [0.4, 0.5) is 5.69 Å². The van der Waals surface area contributed by atoms with Crippen molar-refractivity contribution in [1.82, 2.24) is 0 Å². The molecule has 0 bridgehead atoms. The number of fused-ring (bicyclic) bond motifs is 1. The molecule has 5 heteroatoms. The summed E-state index contributed by atoms with van der Waals surface area (Å²) in [6.45, 7) is 0.689. The van der Waals surface area contributed by atoms with Crippen LogP contribution in [0.5, 0.6) is 5.75 Å². The largest absolute Gasteiger partial charge is 0.493 e. The van der Waals surface area contributed by atoms with E-state index in [1.54, 1.807) is 4.90 Å². The minimum absolute atomic E-state index is 0.179. The molecule has 1 N–H and O–H groups in total. The van der Waals surface area contributed by atoms with Crippen LogP contribution >= 0.6 is 0 Å². The topological polar surface area (TPSA) is 59.0 Å². The Kier molecular flexibility index (Phi) is 3.67. The highest BCUT2D eigenvalue weighted by molar-refractivity contribution is 6.00. The van der Waals surface area contributed by atoms with Crippen LogP contribution in [0.1, 0.15) is 12.8 Å². The lowest BCUT2D eigenvalue weighted by Gasteiger charge is -2.15. The van der Waals surface area contributed by atoms with Gasteiger partial charge in [0.1, 0.15) is 12.5 Å². The maximum absolute atomic E-state index is 12.1. The van der Waals surface area contributed by atoms with Gasteiger partial charge in [0.25, 0.3) is 5.91 Å². The third-order valence-electron chi connectivity index (χ3n) is 4.40. The van der Waals surface area contributed by atoms with Gasteiger partial charge in [-0.05, 0) is 53.8 Å². The Balaban J connectivity index is 1.56. The molecule has 5 nitrogen and oxygen atoms in total. The average Bonchev–Trinajstić information content (AvgIpc) is 3.34. The number of carbonyl (C=O) groups excluding carboxylic acids is 1. The van der Waals surface area contributed by atoms with E-state index < -0.39 is 6.10 Å². The molecule has 2 aliphatic rings. The second kappa shape index (κ2) is 5.83. The van der Waals surface area contributed by atoms with E-state index >= 15 is 0 Å². The van der Waals surface area contributed by atoms with Gasteiger partial charge in [-0.25, -0.2) is 0 Å². The predicted octanol–water partition coefficient (Wildman–Crippen LogP) is 2.31. The van der Waals surface area contributed by atoms with E-state index in [-0.39, 0.29) is 19.2 Å². The van der Waals surface area contributed by atoms with Gasteiger partial charge in [0.2, 0.25) is 0 Å². The van der Waals surface area contributed by atoms with Gasteiger partial charge < -0.3 is 14.6 Å². The van der Waals surface area contributed by atoms with Crippen LogP contribution in [-0.4, -0.2) is 37.1 Å². The Morgan fingerprint density at radius 3 is 2.70 bits per heavy atom. The second-order valence-corrected chi connectivity index (χ2v) is 6.18. The summed E-state index contributed by atoms with van der Waals surface area (Å²) in [4.78, 5) is 13.7. The molecule has 0 radical (unpaired) electrons. The molecule has 1 saturated heterocycles. The number of benzene rings is 2. The van der Waals surface area contributed by atoms with Crippen molar-refractivity contribution in [3.63, 3.8) is 0 Å². The van der Waals surface area contributed by atoms with Gasteiger partial charge in [-0.2, -0.15) is 0 Å². The molecular weight excluding hydrogens is 294 g/mol. The first-order valence-electron chi connectivity index (χ1n) is 7.95. The normalized spacial score (nSPS) is 21.2. The number of hydrogen-bond donors (Lipinski definition) is 1. The fraction of sp³-hybridized carbons (Fsp3) is 0.389. The molecule has 1 amide bonds. The molecule has 23 heavy (non-hydrogen) atoms. The zero-order valence-corrected chi connectivity index (χ0v) is 12.8. The zero-order chi connectivity index (χ0) is 15.8. The second-order valence-electron chi connectivity index (χ2n) is 6.18. The lowest BCUT2D eigenvalue weighted by atomic mass is 10.1. The van der Waals surface area contributed by atoms with Crippen LogP contribution in [-0.2, 0) is 9.53 Å². The number of aliphatic hydroxyl groups is 1. The Labute approximate surface area is 134 Å². The summed E-state index contributed by atoms with van der Waals surface area (Å²) in [6, 6.07) is 11.8. The van der Waals surface area contributed by atoms with Crippen LogP contribution < -0.4 is 9.64 Å². The monoisotopic (exact) mass is 313 g/mol. The molecule has 1 atom stereocenters. The van der Waals surface area contributed by atoms with Crippen molar-refractivity contribution in [3.8, 4) is 5.75 Å². The predicted molar refractivity (Wildman–Crippen MR) is 86.5 cm³/mol. The van der Waals surface area contributed by atoms with Crippen molar-refractivity contribution in [1.29, 1.82) is 0 Å². The Morgan fingerprint density at radius 2 is 1.96 bits per heavy atom. The van der Waals surface area contributed by atoms with Gasteiger partial charge >= 0.3 is 0 Å².